The maximum absolute atomic E-state index is 11.3. The zero-order chi connectivity index (χ0) is 12.0. The van der Waals surface area contributed by atoms with Gasteiger partial charge in [-0.05, 0) is 0 Å². The van der Waals surface area contributed by atoms with Crippen LogP contribution >= 0.6 is 0 Å². The van der Waals surface area contributed by atoms with Crippen LogP contribution in [0.15, 0.2) is 0 Å². The fourth-order valence-corrected chi connectivity index (χ4v) is 0.482. The maximum atomic E-state index is 11.3. The van der Waals surface area contributed by atoms with Gasteiger partial charge in [-0.1, -0.05) is 0 Å². The molecule has 0 aliphatic heterocycles. The predicted molar refractivity (Wildman–Crippen MR) is 20.9 cm³/mol. The van der Waals surface area contributed by atoms with E-state index in [9.17, 15) is 44.6 Å². The van der Waals surface area contributed by atoms with Crippen molar-refractivity contribution in [2.24, 2.45) is 0 Å². The zero-order valence-corrected chi connectivity index (χ0v) is 8.81. The molecular weight excluding hydrogens is 258 g/mol. The van der Waals surface area contributed by atoms with Gasteiger partial charge in [0.2, 0.25) is 0 Å². The fourth-order valence-electron chi connectivity index (χ4n) is 0.482. The number of rotatable bonds is 0. The summed E-state index contributed by atoms with van der Waals surface area (Å²) in [6, 6.07) is 0. The van der Waals surface area contributed by atoms with Gasteiger partial charge in [-0.25, -0.2) is 0 Å². The summed E-state index contributed by atoms with van der Waals surface area (Å²) in [4.78, 5) is 0. The molecule has 0 bridgehead atoms. The molecule has 1 nitrogen and oxygen atoms in total. The first kappa shape index (κ1) is 17.7. The molecule has 0 heterocycles. The van der Waals surface area contributed by atoms with Crippen molar-refractivity contribution in [2.45, 2.75) is 24.1 Å². The second-order valence-electron chi connectivity index (χ2n) is 2.17. The van der Waals surface area contributed by atoms with E-state index in [1.807, 2.05) is 0 Å². The van der Waals surface area contributed by atoms with E-state index in [-0.39, 0.29) is 29.6 Å². The third-order valence-electron chi connectivity index (χ3n) is 1.20. The van der Waals surface area contributed by atoms with Gasteiger partial charge < -0.3 is 5.11 Å². The largest absolute Gasteiger partial charge is 1.00 e. The van der Waals surface area contributed by atoms with Gasteiger partial charge in [0.15, 0.2) is 5.60 Å². The van der Waals surface area contributed by atoms with Crippen molar-refractivity contribution in [1.29, 1.82) is 0 Å². The Morgan fingerprint density at radius 1 is 0.533 bits per heavy atom. The Balaban J connectivity index is 0. The van der Waals surface area contributed by atoms with Gasteiger partial charge in [0.1, 0.15) is 0 Å². The zero-order valence-electron chi connectivity index (χ0n) is 6.81. The van der Waals surface area contributed by atoms with E-state index in [0.717, 1.165) is 0 Å². The normalized spacial score (nSPS) is 14.8. The van der Waals surface area contributed by atoms with Crippen LogP contribution < -0.4 is 34.7 Å². The van der Waals surface area contributed by atoms with Crippen molar-refractivity contribution in [2.75, 3.05) is 0 Å². The first-order valence-corrected chi connectivity index (χ1v) is 2.65. The molecule has 0 rings (SSSR count). The van der Waals surface area contributed by atoms with Crippen molar-refractivity contribution >= 4 is 0 Å². The molecule has 0 aromatic rings. The van der Waals surface area contributed by atoms with Crippen molar-refractivity contribution in [3.05, 3.63) is 0 Å². The minimum absolute atomic E-state index is 0. The molecule has 0 radical (unpaired) electrons. The van der Waals surface area contributed by atoms with Gasteiger partial charge in [0.25, 0.3) is 0 Å². The van der Waals surface area contributed by atoms with Crippen molar-refractivity contribution in [1.82, 2.24) is 0 Å². The standard InChI is InChI=1S/C4F9O.Na/c5-2(6,7)1(14,3(8,9)10)4(11,12)13;/q-1;+1. The minimum atomic E-state index is -6.98. The molecule has 15 heavy (non-hydrogen) atoms. The maximum Gasteiger partial charge on any atom is 1.00 e. The molecule has 0 saturated heterocycles. The predicted octanol–water partition coefficient (Wildman–Crippen LogP) is -1.22. The Morgan fingerprint density at radius 2 is 0.667 bits per heavy atom. The Bertz CT molecular complexity index is 176. The molecule has 0 unspecified atom stereocenters. The van der Waals surface area contributed by atoms with Crippen LogP contribution in [0.5, 0.6) is 0 Å². The molecule has 0 fully saturated rings. The van der Waals surface area contributed by atoms with E-state index < -0.39 is 24.1 Å². The van der Waals surface area contributed by atoms with Gasteiger partial charge in [-0.2, -0.15) is 39.5 Å². The Hall–Kier alpha value is 0.330. The molecule has 0 aliphatic rings. The molecule has 0 aliphatic carbocycles. The van der Waals surface area contributed by atoms with Crippen LogP contribution in [0.3, 0.4) is 0 Å². The van der Waals surface area contributed by atoms with Crippen LogP contribution in [0.4, 0.5) is 39.5 Å². The molecular formula is C4F9NaO. The average Bonchev–Trinajstić information content (AvgIpc) is 1.77. The molecule has 0 atom stereocenters. The minimum Gasteiger partial charge on any atom is -0.830 e. The third-order valence-corrected chi connectivity index (χ3v) is 1.20. The fraction of sp³-hybridized carbons (Fsp3) is 1.00. The van der Waals surface area contributed by atoms with Crippen LogP contribution in [-0.2, 0) is 0 Å². The Morgan fingerprint density at radius 3 is 0.667 bits per heavy atom. The summed E-state index contributed by atoms with van der Waals surface area (Å²) >= 11 is 0. The van der Waals surface area contributed by atoms with Crippen LogP contribution in [0.1, 0.15) is 0 Å². The van der Waals surface area contributed by atoms with Gasteiger partial charge in [0.05, 0.1) is 0 Å². The summed E-state index contributed by atoms with van der Waals surface area (Å²) in [6.45, 7) is 0. The summed E-state index contributed by atoms with van der Waals surface area (Å²) in [5, 5.41) is 9.79. The number of alkyl halides is 9. The molecule has 0 spiro atoms. The van der Waals surface area contributed by atoms with E-state index in [1.165, 1.54) is 0 Å². The summed E-state index contributed by atoms with van der Waals surface area (Å²) in [5.74, 6) is 0. The summed E-state index contributed by atoms with van der Waals surface area (Å²) in [5.41, 5.74) is -6.94. The number of halogens is 9. The molecule has 11 heteroatoms. The summed E-state index contributed by atoms with van der Waals surface area (Å²) in [6.07, 6.45) is -20.9. The van der Waals surface area contributed by atoms with E-state index >= 15 is 0 Å². The van der Waals surface area contributed by atoms with Gasteiger partial charge in [-0.3, -0.25) is 0 Å². The number of hydrogen-bond donors (Lipinski definition) is 0. The smallest absolute Gasteiger partial charge is 0.830 e. The van der Waals surface area contributed by atoms with Crippen molar-refractivity contribution < 1.29 is 74.2 Å². The number of hydrogen-bond acceptors (Lipinski definition) is 1. The monoisotopic (exact) mass is 258 g/mol. The van der Waals surface area contributed by atoms with Crippen LogP contribution in [-0.4, -0.2) is 24.1 Å². The van der Waals surface area contributed by atoms with Crippen LogP contribution in [0.2, 0.25) is 0 Å². The van der Waals surface area contributed by atoms with Gasteiger partial charge >= 0.3 is 48.1 Å². The third kappa shape index (κ3) is 2.92. The molecule has 86 valence electrons. The van der Waals surface area contributed by atoms with Crippen LogP contribution in [0, 0.1) is 0 Å². The molecule has 0 N–H and O–H groups in total. The topological polar surface area (TPSA) is 23.1 Å². The molecule has 0 saturated carbocycles. The van der Waals surface area contributed by atoms with E-state index in [0.29, 0.717) is 0 Å². The van der Waals surface area contributed by atoms with Gasteiger partial charge in [-0.15, -0.1) is 0 Å². The molecule has 0 amide bonds. The Kier molecular flexibility index (Phi) is 5.08. The SMILES string of the molecule is [Na+].[O-]C(C(F)(F)F)(C(F)(F)F)C(F)(F)F. The van der Waals surface area contributed by atoms with E-state index in [1.54, 1.807) is 0 Å². The summed E-state index contributed by atoms with van der Waals surface area (Å²) < 4.78 is 102. The summed E-state index contributed by atoms with van der Waals surface area (Å²) in [7, 11) is 0. The van der Waals surface area contributed by atoms with Crippen molar-refractivity contribution in [3.8, 4) is 0 Å². The van der Waals surface area contributed by atoms with Crippen molar-refractivity contribution in [3.63, 3.8) is 0 Å². The van der Waals surface area contributed by atoms with E-state index in [4.69, 9.17) is 0 Å². The average molecular weight is 258 g/mol. The quantitative estimate of drug-likeness (QED) is 0.394. The second-order valence-corrected chi connectivity index (χ2v) is 2.17. The second kappa shape index (κ2) is 4.30. The first-order chi connectivity index (χ1) is 5.75. The first-order valence-electron chi connectivity index (χ1n) is 2.65. The van der Waals surface area contributed by atoms with Crippen LogP contribution in [0.25, 0.3) is 0 Å². The van der Waals surface area contributed by atoms with E-state index in [2.05, 4.69) is 0 Å². The Labute approximate surface area is 98.5 Å². The molecule has 0 aromatic heterocycles. The molecule has 0 aromatic carbocycles. The van der Waals surface area contributed by atoms with Gasteiger partial charge in [0, 0.05) is 0 Å².